The molecule has 0 saturated heterocycles. The summed E-state index contributed by atoms with van der Waals surface area (Å²) in [5.74, 6) is 0.0799. The van der Waals surface area contributed by atoms with E-state index < -0.39 is 6.04 Å². The summed E-state index contributed by atoms with van der Waals surface area (Å²) in [6, 6.07) is 13.5. The Morgan fingerprint density at radius 2 is 1.84 bits per heavy atom. The molecule has 1 N–H and O–H groups in total. The second-order valence-electron chi connectivity index (χ2n) is 8.15. The standard InChI is InChI=1S/C25H30ClFN2O2S/c1-2-23(25(31)28-21-8-4-5-9-21)29(15-18-11-13-20(26)14-12-18)24(30)17-32-16-19-7-3-6-10-22(19)27/h3,6-7,10-14,21,23H,2,4-5,8-9,15-17H2,1H3,(H,28,31)/t23-/m0/s1. The van der Waals surface area contributed by atoms with Crippen molar-refractivity contribution >= 4 is 35.2 Å². The molecule has 0 aromatic heterocycles. The van der Waals surface area contributed by atoms with Crippen LogP contribution in [0.1, 0.15) is 50.2 Å². The molecule has 1 aliphatic rings. The lowest BCUT2D eigenvalue weighted by Gasteiger charge is -2.31. The van der Waals surface area contributed by atoms with Crippen molar-refractivity contribution in [2.24, 2.45) is 0 Å². The van der Waals surface area contributed by atoms with Crippen LogP contribution in [0, 0.1) is 5.82 Å². The van der Waals surface area contributed by atoms with Crippen molar-refractivity contribution in [2.75, 3.05) is 5.75 Å². The van der Waals surface area contributed by atoms with Gasteiger partial charge in [0.15, 0.2) is 0 Å². The van der Waals surface area contributed by atoms with Crippen molar-refractivity contribution in [1.29, 1.82) is 0 Å². The van der Waals surface area contributed by atoms with E-state index in [1.54, 1.807) is 35.2 Å². The molecule has 7 heteroatoms. The number of hydrogen-bond acceptors (Lipinski definition) is 3. The molecule has 2 aromatic carbocycles. The normalized spacial score (nSPS) is 14.8. The molecular formula is C25H30ClFN2O2S. The largest absolute Gasteiger partial charge is 0.352 e. The summed E-state index contributed by atoms with van der Waals surface area (Å²) < 4.78 is 13.9. The third kappa shape index (κ3) is 6.97. The third-order valence-corrected chi connectivity index (χ3v) is 7.01. The molecule has 4 nitrogen and oxygen atoms in total. The van der Waals surface area contributed by atoms with E-state index in [4.69, 9.17) is 11.6 Å². The van der Waals surface area contributed by atoms with Crippen LogP contribution in [0.3, 0.4) is 0 Å². The molecule has 0 spiro atoms. The lowest BCUT2D eigenvalue weighted by atomic mass is 10.1. The second-order valence-corrected chi connectivity index (χ2v) is 9.57. The molecule has 1 saturated carbocycles. The molecule has 0 unspecified atom stereocenters. The summed E-state index contributed by atoms with van der Waals surface area (Å²) in [4.78, 5) is 28.0. The van der Waals surface area contributed by atoms with E-state index >= 15 is 0 Å². The number of nitrogens with zero attached hydrogens (tertiary/aromatic N) is 1. The van der Waals surface area contributed by atoms with Crippen molar-refractivity contribution in [1.82, 2.24) is 10.2 Å². The van der Waals surface area contributed by atoms with Gasteiger partial charge in [0, 0.05) is 23.4 Å². The predicted molar refractivity (Wildman–Crippen MR) is 129 cm³/mol. The summed E-state index contributed by atoms with van der Waals surface area (Å²) in [6.45, 7) is 2.25. The topological polar surface area (TPSA) is 49.4 Å². The maximum Gasteiger partial charge on any atom is 0.243 e. The Bertz CT molecular complexity index is 903. The number of amides is 2. The van der Waals surface area contributed by atoms with Gasteiger partial charge in [0.05, 0.1) is 5.75 Å². The molecule has 0 aliphatic heterocycles. The summed E-state index contributed by atoms with van der Waals surface area (Å²) in [5, 5.41) is 3.76. The number of hydrogen-bond donors (Lipinski definition) is 1. The number of thioether (sulfide) groups is 1. The highest BCUT2D eigenvalue weighted by Gasteiger charge is 2.30. The minimum absolute atomic E-state index is 0.0965. The number of rotatable bonds is 10. The molecule has 1 fully saturated rings. The van der Waals surface area contributed by atoms with Crippen LogP contribution in [0.15, 0.2) is 48.5 Å². The number of carbonyl (C=O) groups is 2. The van der Waals surface area contributed by atoms with Gasteiger partial charge in [-0.2, -0.15) is 0 Å². The van der Waals surface area contributed by atoms with Crippen LogP contribution in [0.25, 0.3) is 0 Å². The molecule has 172 valence electrons. The summed E-state index contributed by atoms with van der Waals surface area (Å²) in [7, 11) is 0. The molecule has 2 amide bonds. The average Bonchev–Trinajstić information content (AvgIpc) is 3.29. The van der Waals surface area contributed by atoms with Gasteiger partial charge in [-0.1, -0.05) is 61.7 Å². The smallest absolute Gasteiger partial charge is 0.243 e. The monoisotopic (exact) mass is 476 g/mol. The van der Waals surface area contributed by atoms with Gasteiger partial charge in [0.1, 0.15) is 11.9 Å². The van der Waals surface area contributed by atoms with Gasteiger partial charge in [-0.3, -0.25) is 9.59 Å². The quantitative estimate of drug-likeness (QED) is 0.487. The van der Waals surface area contributed by atoms with Crippen molar-refractivity contribution in [3.8, 4) is 0 Å². The highest BCUT2D eigenvalue weighted by molar-refractivity contribution is 7.99. The Labute approximate surface area is 198 Å². The molecule has 1 aliphatic carbocycles. The minimum atomic E-state index is -0.548. The van der Waals surface area contributed by atoms with E-state index in [0.29, 0.717) is 29.3 Å². The first-order valence-electron chi connectivity index (χ1n) is 11.1. The summed E-state index contributed by atoms with van der Waals surface area (Å²) in [5.41, 5.74) is 1.48. The number of carbonyl (C=O) groups excluding carboxylic acids is 2. The zero-order chi connectivity index (χ0) is 22.9. The number of benzene rings is 2. The van der Waals surface area contributed by atoms with E-state index in [-0.39, 0.29) is 29.4 Å². The van der Waals surface area contributed by atoms with Crippen molar-refractivity contribution in [2.45, 2.75) is 63.4 Å². The fourth-order valence-corrected chi connectivity index (χ4v) is 5.04. The van der Waals surface area contributed by atoms with E-state index in [1.165, 1.54) is 17.8 Å². The van der Waals surface area contributed by atoms with Gasteiger partial charge in [0.25, 0.3) is 0 Å². The van der Waals surface area contributed by atoms with Crippen LogP contribution in [-0.4, -0.2) is 34.6 Å². The highest BCUT2D eigenvalue weighted by atomic mass is 35.5. The zero-order valence-corrected chi connectivity index (χ0v) is 19.9. The third-order valence-electron chi connectivity index (χ3n) is 5.79. The maximum atomic E-state index is 13.9. The van der Waals surface area contributed by atoms with Crippen LogP contribution in [0.4, 0.5) is 4.39 Å². The Morgan fingerprint density at radius 3 is 2.50 bits per heavy atom. The average molecular weight is 477 g/mol. The predicted octanol–water partition coefficient (Wildman–Crippen LogP) is 5.58. The first kappa shape index (κ1) is 24.6. The van der Waals surface area contributed by atoms with Gasteiger partial charge in [-0.15, -0.1) is 11.8 Å². The SMILES string of the molecule is CC[C@@H](C(=O)NC1CCCC1)N(Cc1ccc(Cl)cc1)C(=O)CSCc1ccccc1F. The van der Waals surface area contributed by atoms with Gasteiger partial charge in [-0.05, 0) is 48.6 Å². The van der Waals surface area contributed by atoms with Crippen LogP contribution in [-0.2, 0) is 21.9 Å². The fourth-order valence-electron chi connectivity index (χ4n) is 4.02. The maximum absolute atomic E-state index is 13.9. The number of nitrogens with one attached hydrogen (secondary N) is 1. The van der Waals surface area contributed by atoms with E-state index in [2.05, 4.69) is 5.32 Å². The van der Waals surface area contributed by atoms with Gasteiger partial charge in [0.2, 0.25) is 11.8 Å². The lowest BCUT2D eigenvalue weighted by molar-refractivity contribution is -0.139. The Hall–Kier alpha value is -2.05. The first-order chi connectivity index (χ1) is 15.5. The molecule has 1 atom stereocenters. The molecule has 2 aromatic rings. The van der Waals surface area contributed by atoms with Crippen LogP contribution in [0.2, 0.25) is 5.02 Å². The fraction of sp³-hybridized carbons (Fsp3) is 0.440. The Balaban J connectivity index is 1.70. The molecule has 0 bridgehead atoms. The lowest BCUT2D eigenvalue weighted by Crippen LogP contribution is -2.51. The minimum Gasteiger partial charge on any atom is -0.352 e. The van der Waals surface area contributed by atoms with E-state index in [0.717, 1.165) is 31.2 Å². The summed E-state index contributed by atoms with van der Waals surface area (Å²) >= 11 is 7.37. The Kier molecular flexibility index (Phi) is 9.42. The van der Waals surface area contributed by atoms with Crippen LogP contribution >= 0.6 is 23.4 Å². The van der Waals surface area contributed by atoms with Crippen LogP contribution < -0.4 is 5.32 Å². The van der Waals surface area contributed by atoms with Crippen molar-refractivity contribution in [3.05, 3.63) is 70.5 Å². The zero-order valence-electron chi connectivity index (χ0n) is 18.4. The number of halogens is 2. The van der Waals surface area contributed by atoms with Gasteiger partial charge in [-0.25, -0.2) is 4.39 Å². The molecule has 3 rings (SSSR count). The van der Waals surface area contributed by atoms with E-state index in [9.17, 15) is 14.0 Å². The Morgan fingerprint density at radius 1 is 1.16 bits per heavy atom. The second kappa shape index (κ2) is 12.3. The van der Waals surface area contributed by atoms with Crippen LogP contribution in [0.5, 0.6) is 0 Å². The van der Waals surface area contributed by atoms with Gasteiger partial charge >= 0.3 is 0 Å². The van der Waals surface area contributed by atoms with E-state index in [1.807, 2.05) is 19.1 Å². The molecule has 0 heterocycles. The van der Waals surface area contributed by atoms with Crippen molar-refractivity contribution in [3.63, 3.8) is 0 Å². The molecule has 32 heavy (non-hydrogen) atoms. The highest BCUT2D eigenvalue weighted by Crippen LogP contribution is 2.21. The van der Waals surface area contributed by atoms with Crippen molar-refractivity contribution < 1.29 is 14.0 Å². The summed E-state index contributed by atoms with van der Waals surface area (Å²) in [6.07, 6.45) is 4.76. The first-order valence-corrected chi connectivity index (χ1v) is 12.7. The van der Waals surface area contributed by atoms with Gasteiger partial charge < -0.3 is 10.2 Å². The molecular weight excluding hydrogens is 447 g/mol. The molecule has 0 radical (unpaired) electrons.